The second-order valence-electron chi connectivity index (χ2n) is 4.84. The third kappa shape index (κ3) is 8.32. The summed E-state index contributed by atoms with van der Waals surface area (Å²) < 4.78 is 10.3. The van der Waals surface area contributed by atoms with Crippen molar-refractivity contribution in [2.75, 3.05) is 20.8 Å². The van der Waals surface area contributed by atoms with Gasteiger partial charge in [0.25, 0.3) is 0 Å². The van der Waals surface area contributed by atoms with E-state index in [9.17, 15) is 9.59 Å². The standard InChI is InChI=1S/C11H18N2O2.C4H6O5/c1-14-10-4-3-8(5-9(13)7-12)6-11(10)15-2;5-2(4(8)9)1-3(6)7/h3-4,6,9H,5,7,12-13H2,1-2H3;2,5H,1H2,(H,6,7)(H,8,9). The van der Waals surface area contributed by atoms with Crippen LogP contribution in [0.2, 0.25) is 0 Å². The topological polar surface area (TPSA) is 165 Å². The van der Waals surface area contributed by atoms with Gasteiger partial charge in [0.05, 0.1) is 20.6 Å². The van der Waals surface area contributed by atoms with E-state index in [-0.39, 0.29) is 6.04 Å². The van der Waals surface area contributed by atoms with Crippen LogP contribution in [0.4, 0.5) is 0 Å². The molecule has 0 spiro atoms. The maximum Gasteiger partial charge on any atom is 0.333 e. The summed E-state index contributed by atoms with van der Waals surface area (Å²) in [6, 6.07) is 5.76. The largest absolute Gasteiger partial charge is 0.493 e. The van der Waals surface area contributed by atoms with E-state index in [0.717, 1.165) is 23.5 Å². The van der Waals surface area contributed by atoms with E-state index in [4.69, 9.17) is 36.3 Å². The number of nitrogens with two attached hydrogens (primary N) is 2. The smallest absolute Gasteiger partial charge is 0.333 e. The Hall–Kier alpha value is -2.36. The molecule has 136 valence electrons. The van der Waals surface area contributed by atoms with Crippen molar-refractivity contribution in [1.29, 1.82) is 0 Å². The molecule has 7 N–H and O–H groups in total. The molecular weight excluding hydrogens is 320 g/mol. The van der Waals surface area contributed by atoms with Gasteiger partial charge in [0.2, 0.25) is 0 Å². The molecule has 1 aromatic carbocycles. The second kappa shape index (κ2) is 11.2. The lowest BCUT2D eigenvalue weighted by atomic mass is 10.1. The maximum absolute atomic E-state index is 9.72. The number of benzene rings is 1. The maximum atomic E-state index is 9.72. The normalized spacial score (nSPS) is 12.4. The van der Waals surface area contributed by atoms with Crippen molar-refractivity contribution >= 4 is 11.9 Å². The molecule has 0 heterocycles. The Morgan fingerprint density at radius 1 is 1.17 bits per heavy atom. The van der Waals surface area contributed by atoms with Crippen LogP contribution in [0.1, 0.15) is 12.0 Å². The van der Waals surface area contributed by atoms with Crippen molar-refractivity contribution in [1.82, 2.24) is 0 Å². The lowest BCUT2D eigenvalue weighted by Gasteiger charge is -2.12. The first-order valence-electron chi connectivity index (χ1n) is 7.04. The molecule has 0 aromatic heterocycles. The average Bonchev–Trinajstić information content (AvgIpc) is 2.54. The van der Waals surface area contributed by atoms with Crippen molar-refractivity contribution in [3.63, 3.8) is 0 Å². The zero-order valence-electron chi connectivity index (χ0n) is 13.6. The molecule has 9 heteroatoms. The van der Waals surface area contributed by atoms with Crippen molar-refractivity contribution in [3.8, 4) is 11.5 Å². The Morgan fingerprint density at radius 3 is 2.12 bits per heavy atom. The minimum Gasteiger partial charge on any atom is -0.493 e. The Balaban J connectivity index is 0.000000506. The Kier molecular flexibility index (Phi) is 10.1. The molecule has 0 saturated carbocycles. The molecule has 0 aliphatic rings. The number of hydrogen-bond donors (Lipinski definition) is 5. The minimum atomic E-state index is -1.79. The van der Waals surface area contributed by atoms with Gasteiger partial charge < -0.3 is 36.3 Å². The van der Waals surface area contributed by atoms with E-state index in [1.165, 1.54) is 0 Å². The highest BCUT2D eigenvalue weighted by Gasteiger charge is 2.16. The van der Waals surface area contributed by atoms with Crippen LogP contribution < -0.4 is 20.9 Å². The first kappa shape index (κ1) is 21.6. The van der Waals surface area contributed by atoms with Crippen LogP contribution in [-0.4, -0.2) is 60.2 Å². The van der Waals surface area contributed by atoms with E-state index in [2.05, 4.69) is 0 Å². The average molecular weight is 344 g/mol. The molecule has 0 aliphatic carbocycles. The van der Waals surface area contributed by atoms with Crippen molar-refractivity contribution in [2.24, 2.45) is 11.5 Å². The van der Waals surface area contributed by atoms with Crippen molar-refractivity contribution < 1.29 is 34.4 Å². The zero-order valence-corrected chi connectivity index (χ0v) is 13.6. The first-order chi connectivity index (χ1) is 11.2. The highest BCUT2D eigenvalue weighted by molar-refractivity contribution is 5.79. The number of carboxylic acids is 2. The zero-order chi connectivity index (χ0) is 18.7. The fourth-order valence-electron chi connectivity index (χ4n) is 1.65. The van der Waals surface area contributed by atoms with Crippen molar-refractivity contribution in [3.05, 3.63) is 23.8 Å². The van der Waals surface area contributed by atoms with Gasteiger partial charge in [-0.2, -0.15) is 0 Å². The lowest BCUT2D eigenvalue weighted by molar-refractivity contribution is -0.152. The number of carbonyl (C=O) groups is 2. The van der Waals surface area contributed by atoms with Gasteiger partial charge in [0.1, 0.15) is 0 Å². The number of rotatable bonds is 8. The number of aliphatic hydroxyl groups is 1. The van der Waals surface area contributed by atoms with Gasteiger partial charge >= 0.3 is 11.9 Å². The van der Waals surface area contributed by atoms with Crippen LogP contribution >= 0.6 is 0 Å². The summed E-state index contributed by atoms with van der Waals surface area (Å²) in [4.78, 5) is 19.4. The molecule has 1 aromatic rings. The van der Waals surface area contributed by atoms with Crippen LogP contribution in [-0.2, 0) is 16.0 Å². The van der Waals surface area contributed by atoms with E-state index >= 15 is 0 Å². The number of hydrogen-bond acceptors (Lipinski definition) is 7. The summed E-state index contributed by atoms with van der Waals surface area (Å²) >= 11 is 0. The number of ether oxygens (including phenoxy) is 2. The van der Waals surface area contributed by atoms with E-state index < -0.39 is 24.5 Å². The van der Waals surface area contributed by atoms with Gasteiger partial charge in [-0.15, -0.1) is 0 Å². The molecule has 9 nitrogen and oxygen atoms in total. The number of methoxy groups -OCH3 is 2. The number of aliphatic hydroxyl groups excluding tert-OH is 1. The van der Waals surface area contributed by atoms with Gasteiger partial charge in [-0.05, 0) is 24.1 Å². The van der Waals surface area contributed by atoms with Crippen LogP contribution in [0, 0.1) is 0 Å². The third-order valence-corrected chi connectivity index (χ3v) is 2.90. The molecule has 0 aliphatic heterocycles. The van der Waals surface area contributed by atoms with Gasteiger partial charge in [0, 0.05) is 12.6 Å². The Morgan fingerprint density at radius 2 is 1.75 bits per heavy atom. The molecule has 1 rings (SSSR count). The lowest BCUT2D eigenvalue weighted by Crippen LogP contribution is -2.31. The summed E-state index contributed by atoms with van der Waals surface area (Å²) in [7, 11) is 3.23. The molecule has 24 heavy (non-hydrogen) atoms. The first-order valence-corrected chi connectivity index (χ1v) is 7.04. The van der Waals surface area contributed by atoms with Crippen LogP contribution in [0.5, 0.6) is 11.5 Å². The minimum absolute atomic E-state index is 0.0110. The third-order valence-electron chi connectivity index (χ3n) is 2.90. The summed E-state index contributed by atoms with van der Waals surface area (Å²) in [6.45, 7) is 0.481. The van der Waals surface area contributed by atoms with Crippen molar-refractivity contribution in [2.45, 2.75) is 25.0 Å². The summed E-state index contributed by atoms with van der Waals surface area (Å²) in [5, 5.41) is 24.1. The summed E-state index contributed by atoms with van der Waals surface area (Å²) in [5.41, 5.74) is 12.3. The SMILES string of the molecule is COc1ccc(CC(N)CN)cc1OC.O=C(O)CC(O)C(=O)O. The Labute approximate surface area is 139 Å². The van der Waals surface area contributed by atoms with Gasteiger partial charge in [-0.3, -0.25) is 4.79 Å². The second-order valence-corrected chi connectivity index (χ2v) is 4.84. The summed E-state index contributed by atoms with van der Waals surface area (Å²) in [6.07, 6.45) is -1.80. The quantitative estimate of drug-likeness (QED) is 0.415. The van der Waals surface area contributed by atoms with Crippen LogP contribution in [0.15, 0.2) is 18.2 Å². The molecule has 0 amide bonds. The van der Waals surface area contributed by atoms with Gasteiger partial charge in [-0.1, -0.05) is 6.07 Å². The predicted octanol–water partition coefficient (Wildman–Crippen LogP) is -0.561. The molecule has 0 radical (unpaired) electrons. The molecule has 2 unspecified atom stereocenters. The fraction of sp³-hybridized carbons (Fsp3) is 0.467. The number of aliphatic carboxylic acids is 2. The monoisotopic (exact) mass is 344 g/mol. The summed E-state index contributed by atoms with van der Waals surface area (Å²) in [5.74, 6) is -1.40. The van der Waals surface area contributed by atoms with Gasteiger partial charge in [0.15, 0.2) is 17.6 Å². The fourth-order valence-corrected chi connectivity index (χ4v) is 1.65. The highest BCUT2D eigenvalue weighted by Crippen LogP contribution is 2.27. The molecule has 0 bridgehead atoms. The van der Waals surface area contributed by atoms with Crippen LogP contribution in [0.25, 0.3) is 0 Å². The van der Waals surface area contributed by atoms with Crippen LogP contribution in [0.3, 0.4) is 0 Å². The predicted molar refractivity (Wildman–Crippen MR) is 86.2 cm³/mol. The molecule has 0 fully saturated rings. The number of carboxylic acid groups (broad SMARTS) is 2. The molecule has 2 atom stereocenters. The van der Waals surface area contributed by atoms with E-state index in [0.29, 0.717) is 6.54 Å². The molecular formula is C15H24N2O7. The Bertz CT molecular complexity index is 537. The van der Waals surface area contributed by atoms with E-state index in [1.807, 2.05) is 18.2 Å². The highest BCUT2D eigenvalue weighted by atomic mass is 16.5. The van der Waals surface area contributed by atoms with Gasteiger partial charge in [-0.25, -0.2) is 4.79 Å². The molecule has 0 saturated heterocycles. The van der Waals surface area contributed by atoms with E-state index in [1.54, 1.807) is 14.2 Å².